The lowest BCUT2D eigenvalue weighted by Crippen LogP contribution is -2.41. The molecule has 1 fully saturated rings. The lowest BCUT2D eigenvalue weighted by Gasteiger charge is -2.26. The fraction of sp³-hybridized carbons (Fsp3) is 0.333. The summed E-state index contributed by atoms with van der Waals surface area (Å²) in [4.78, 5) is 27.2. The zero-order valence-corrected chi connectivity index (χ0v) is 16.5. The van der Waals surface area contributed by atoms with Crippen molar-refractivity contribution in [2.45, 2.75) is 0 Å². The Balaban J connectivity index is 1.69. The van der Waals surface area contributed by atoms with Crippen LogP contribution in [0.3, 0.4) is 0 Å². The second kappa shape index (κ2) is 10.1. The van der Waals surface area contributed by atoms with E-state index in [1.54, 1.807) is 0 Å². The van der Waals surface area contributed by atoms with Gasteiger partial charge in [0, 0.05) is 32.2 Å². The molecule has 160 valence electrons. The number of halogens is 2. The van der Waals surface area contributed by atoms with Crippen LogP contribution in [0.2, 0.25) is 0 Å². The van der Waals surface area contributed by atoms with Gasteiger partial charge in [-0.1, -0.05) is 6.07 Å². The first-order valence-corrected chi connectivity index (χ1v) is 9.51. The monoisotopic (exact) mass is 419 g/mol. The van der Waals surface area contributed by atoms with Gasteiger partial charge in [-0.05, 0) is 24.3 Å². The van der Waals surface area contributed by atoms with Gasteiger partial charge in [-0.15, -0.1) is 0 Å². The van der Waals surface area contributed by atoms with Crippen molar-refractivity contribution >= 4 is 17.5 Å². The molecule has 9 heteroatoms. The van der Waals surface area contributed by atoms with Crippen molar-refractivity contribution in [2.24, 2.45) is 0 Å². The maximum absolute atomic E-state index is 14.4. The van der Waals surface area contributed by atoms with Gasteiger partial charge in [-0.3, -0.25) is 14.5 Å². The predicted octanol–water partition coefficient (Wildman–Crippen LogP) is 2.29. The highest BCUT2D eigenvalue weighted by Crippen LogP contribution is 2.22. The average molecular weight is 419 g/mol. The molecule has 0 aliphatic carbocycles. The van der Waals surface area contributed by atoms with Crippen LogP contribution in [-0.4, -0.2) is 63.2 Å². The van der Waals surface area contributed by atoms with Crippen LogP contribution in [0.1, 0.15) is 20.7 Å². The Labute approximate surface area is 173 Å². The lowest BCUT2D eigenvalue weighted by molar-refractivity contribution is 0.0383. The number of benzene rings is 2. The van der Waals surface area contributed by atoms with Gasteiger partial charge in [-0.2, -0.15) is 0 Å². The van der Waals surface area contributed by atoms with Crippen molar-refractivity contribution in [3.63, 3.8) is 0 Å². The first-order chi connectivity index (χ1) is 14.5. The molecule has 2 N–H and O–H groups in total. The van der Waals surface area contributed by atoms with Gasteiger partial charge >= 0.3 is 0 Å². The highest BCUT2D eigenvalue weighted by molar-refractivity contribution is 6.09. The van der Waals surface area contributed by atoms with Crippen molar-refractivity contribution in [2.75, 3.05) is 51.8 Å². The molecule has 2 aromatic rings. The van der Waals surface area contributed by atoms with E-state index < -0.39 is 23.4 Å². The zero-order valence-electron chi connectivity index (χ0n) is 16.5. The molecule has 0 atom stereocenters. The number of carbonyl (C=O) groups is 2. The Morgan fingerprint density at radius 3 is 2.57 bits per heavy atom. The van der Waals surface area contributed by atoms with Gasteiger partial charge in [0.1, 0.15) is 17.4 Å². The number of nitrogens with one attached hydrogen (secondary N) is 2. The number of nitrogens with zero attached hydrogens (tertiary/aromatic N) is 1. The summed E-state index contributed by atoms with van der Waals surface area (Å²) < 4.78 is 38.7. The third-order valence-corrected chi connectivity index (χ3v) is 4.73. The number of hydrogen-bond donors (Lipinski definition) is 2. The van der Waals surface area contributed by atoms with E-state index in [-0.39, 0.29) is 22.6 Å². The van der Waals surface area contributed by atoms with Crippen LogP contribution in [0, 0.1) is 11.6 Å². The maximum atomic E-state index is 14.4. The summed E-state index contributed by atoms with van der Waals surface area (Å²) in [6.45, 7) is 3.73. The van der Waals surface area contributed by atoms with Crippen molar-refractivity contribution in [3.8, 4) is 5.75 Å². The van der Waals surface area contributed by atoms with E-state index in [2.05, 4.69) is 15.5 Å². The molecule has 0 radical (unpaired) electrons. The fourth-order valence-electron chi connectivity index (χ4n) is 3.10. The molecular formula is C21H23F2N3O4. The molecule has 0 bridgehead atoms. The standard InChI is InChI=1S/C21H23F2N3O4/c1-29-14-5-6-15(17(23)13-14)20(27)25-18-4-2-3-16(22)19(18)21(28)24-7-8-26-9-11-30-12-10-26/h2-6,13H,7-12H2,1H3,(H,24,28)(H,25,27). The molecule has 1 aliphatic rings. The van der Waals surface area contributed by atoms with E-state index in [0.717, 1.165) is 25.2 Å². The van der Waals surface area contributed by atoms with Gasteiger partial charge in [0.15, 0.2) is 0 Å². The average Bonchev–Trinajstić information content (AvgIpc) is 2.74. The van der Waals surface area contributed by atoms with Gasteiger partial charge in [0.25, 0.3) is 11.8 Å². The van der Waals surface area contributed by atoms with E-state index in [1.807, 2.05) is 0 Å². The Bertz CT molecular complexity index is 917. The number of methoxy groups -OCH3 is 1. The summed E-state index contributed by atoms with van der Waals surface area (Å²) in [5.74, 6) is -2.78. The van der Waals surface area contributed by atoms with Gasteiger partial charge < -0.3 is 20.1 Å². The molecule has 2 aromatic carbocycles. The first kappa shape index (κ1) is 21.7. The second-order valence-corrected chi connectivity index (χ2v) is 6.67. The maximum Gasteiger partial charge on any atom is 0.258 e. The Morgan fingerprint density at radius 1 is 1.10 bits per heavy atom. The molecule has 0 unspecified atom stereocenters. The summed E-state index contributed by atoms with van der Waals surface area (Å²) in [5, 5.41) is 5.08. The molecule has 1 aliphatic heterocycles. The number of rotatable bonds is 7. The van der Waals surface area contributed by atoms with Crippen molar-refractivity contribution in [1.82, 2.24) is 10.2 Å². The molecule has 7 nitrogen and oxygen atoms in total. The molecular weight excluding hydrogens is 396 g/mol. The second-order valence-electron chi connectivity index (χ2n) is 6.67. The van der Waals surface area contributed by atoms with Gasteiger partial charge in [-0.25, -0.2) is 8.78 Å². The summed E-state index contributed by atoms with van der Waals surface area (Å²) >= 11 is 0. The van der Waals surface area contributed by atoms with Crippen LogP contribution in [0.25, 0.3) is 0 Å². The Hall–Kier alpha value is -3.04. The van der Waals surface area contributed by atoms with Crippen LogP contribution in [0.15, 0.2) is 36.4 Å². The number of carbonyl (C=O) groups excluding carboxylic acids is 2. The van der Waals surface area contributed by atoms with Gasteiger partial charge in [0.05, 0.1) is 37.1 Å². The van der Waals surface area contributed by atoms with Crippen LogP contribution >= 0.6 is 0 Å². The quantitative estimate of drug-likeness (QED) is 0.720. The molecule has 1 saturated heterocycles. The van der Waals surface area contributed by atoms with E-state index >= 15 is 0 Å². The van der Waals surface area contributed by atoms with Crippen molar-refractivity contribution < 1.29 is 27.8 Å². The minimum atomic E-state index is -0.803. The molecule has 0 saturated carbocycles. The largest absolute Gasteiger partial charge is 0.497 e. The minimum Gasteiger partial charge on any atom is -0.497 e. The predicted molar refractivity (Wildman–Crippen MR) is 107 cm³/mol. The third-order valence-electron chi connectivity index (χ3n) is 4.73. The van der Waals surface area contributed by atoms with Crippen LogP contribution < -0.4 is 15.4 Å². The van der Waals surface area contributed by atoms with Crippen LogP contribution in [0.4, 0.5) is 14.5 Å². The smallest absolute Gasteiger partial charge is 0.258 e. The number of morpholine rings is 1. The Morgan fingerprint density at radius 2 is 1.87 bits per heavy atom. The summed E-state index contributed by atoms with van der Waals surface area (Å²) in [6, 6.07) is 7.63. The zero-order chi connectivity index (χ0) is 21.5. The highest BCUT2D eigenvalue weighted by Gasteiger charge is 2.20. The molecule has 2 amide bonds. The summed E-state index contributed by atoms with van der Waals surface area (Å²) in [7, 11) is 1.38. The minimum absolute atomic E-state index is 0.0425. The summed E-state index contributed by atoms with van der Waals surface area (Å²) in [5.41, 5.74) is -0.598. The van der Waals surface area contributed by atoms with E-state index in [1.165, 1.54) is 31.4 Å². The number of ether oxygens (including phenoxy) is 2. The van der Waals surface area contributed by atoms with E-state index in [9.17, 15) is 18.4 Å². The normalized spacial score (nSPS) is 14.2. The SMILES string of the molecule is COc1ccc(C(=O)Nc2cccc(F)c2C(=O)NCCN2CCOCC2)c(F)c1. The summed E-state index contributed by atoms with van der Waals surface area (Å²) in [6.07, 6.45) is 0. The fourth-order valence-corrected chi connectivity index (χ4v) is 3.10. The van der Waals surface area contributed by atoms with E-state index in [0.29, 0.717) is 26.3 Å². The molecule has 0 spiro atoms. The first-order valence-electron chi connectivity index (χ1n) is 9.51. The molecule has 3 rings (SSSR count). The van der Waals surface area contributed by atoms with Gasteiger partial charge in [0.2, 0.25) is 0 Å². The number of anilines is 1. The topological polar surface area (TPSA) is 79.9 Å². The number of hydrogen-bond acceptors (Lipinski definition) is 5. The lowest BCUT2D eigenvalue weighted by atomic mass is 10.1. The molecule has 30 heavy (non-hydrogen) atoms. The number of amides is 2. The molecule has 1 heterocycles. The Kier molecular flexibility index (Phi) is 7.31. The highest BCUT2D eigenvalue weighted by atomic mass is 19.1. The van der Waals surface area contributed by atoms with Crippen LogP contribution in [0.5, 0.6) is 5.75 Å². The van der Waals surface area contributed by atoms with Crippen molar-refractivity contribution in [1.29, 1.82) is 0 Å². The third kappa shape index (κ3) is 5.31. The van der Waals surface area contributed by atoms with Crippen molar-refractivity contribution in [3.05, 3.63) is 59.2 Å². The molecule has 0 aromatic heterocycles. The van der Waals surface area contributed by atoms with E-state index in [4.69, 9.17) is 9.47 Å². The van der Waals surface area contributed by atoms with Crippen LogP contribution in [-0.2, 0) is 4.74 Å².